The molecule has 0 radical (unpaired) electrons. The lowest BCUT2D eigenvalue weighted by molar-refractivity contribution is -0.271. The van der Waals surface area contributed by atoms with Gasteiger partial charge in [-0.3, -0.25) is 0 Å². The van der Waals surface area contributed by atoms with E-state index >= 15 is 0 Å². The highest BCUT2D eigenvalue weighted by Crippen LogP contribution is 2.24. The fourth-order valence-electron chi connectivity index (χ4n) is 0.774. The van der Waals surface area contributed by atoms with Gasteiger partial charge in [0.1, 0.15) is 5.82 Å². The van der Waals surface area contributed by atoms with Crippen molar-refractivity contribution in [2.45, 2.75) is 11.3 Å². The maximum absolute atomic E-state index is 12.4. The summed E-state index contributed by atoms with van der Waals surface area (Å²) in [6, 6.07) is 2.78. The number of halogens is 4. The Labute approximate surface area is 82.4 Å². The molecular weight excluding hydrogens is 240 g/mol. The van der Waals surface area contributed by atoms with Crippen LogP contribution in [0.25, 0.3) is 0 Å². The smallest absolute Gasteiger partial charge is 0.207 e. The van der Waals surface area contributed by atoms with E-state index in [4.69, 9.17) is 0 Å². The van der Waals surface area contributed by atoms with Gasteiger partial charge in [-0.2, -0.15) is 12.6 Å². The van der Waals surface area contributed by atoms with E-state index in [1.807, 2.05) is 0 Å². The highest BCUT2D eigenvalue weighted by molar-refractivity contribution is 7.86. The zero-order chi connectivity index (χ0) is 11.7. The van der Waals surface area contributed by atoms with Crippen LogP contribution < -0.4 is 0 Å². The van der Waals surface area contributed by atoms with Gasteiger partial charge in [0.15, 0.2) is 0 Å². The predicted molar refractivity (Wildman–Crippen MR) is 40.7 cm³/mol. The summed E-state index contributed by atoms with van der Waals surface area (Å²) in [4.78, 5) is -0.763. The first-order chi connectivity index (χ1) is 6.71. The van der Waals surface area contributed by atoms with Gasteiger partial charge in [0.25, 0.3) is 0 Å². The zero-order valence-corrected chi connectivity index (χ0v) is 7.77. The maximum Gasteiger partial charge on any atom is 0.537 e. The lowest BCUT2D eigenvalue weighted by Crippen LogP contribution is -2.19. The summed E-state index contributed by atoms with van der Waals surface area (Å²) in [6.07, 6.45) is -5.30. The minimum absolute atomic E-state index is 0.677. The Morgan fingerprint density at radius 3 is 1.93 bits per heavy atom. The molecule has 0 fully saturated rings. The van der Waals surface area contributed by atoms with Crippen LogP contribution in [0, 0.1) is 5.82 Å². The molecule has 0 aliphatic heterocycles. The topological polar surface area (TPSA) is 43.4 Å². The molecule has 84 valence electrons. The Morgan fingerprint density at radius 1 is 1.07 bits per heavy atom. The molecule has 0 atom stereocenters. The highest BCUT2D eigenvalue weighted by Gasteiger charge is 2.37. The highest BCUT2D eigenvalue weighted by atomic mass is 32.2. The van der Waals surface area contributed by atoms with E-state index in [-0.39, 0.29) is 0 Å². The van der Waals surface area contributed by atoms with Crippen molar-refractivity contribution in [3.63, 3.8) is 0 Å². The Bertz CT molecular complexity index is 434. The van der Waals surface area contributed by atoms with Crippen molar-refractivity contribution < 1.29 is 30.2 Å². The van der Waals surface area contributed by atoms with E-state index in [9.17, 15) is 26.0 Å². The van der Waals surface area contributed by atoms with Crippen LogP contribution in [-0.4, -0.2) is 14.8 Å². The van der Waals surface area contributed by atoms with Crippen molar-refractivity contribution >= 4 is 10.1 Å². The number of alkyl halides is 3. The Balaban J connectivity index is 3.02. The van der Waals surface area contributed by atoms with Gasteiger partial charge in [0.2, 0.25) is 0 Å². The average molecular weight is 244 g/mol. The molecule has 8 heteroatoms. The SMILES string of the molecule is O=S(=O)(OC(F)(F)F)c1ccc(F)cc1. The minimum Gasteiger partial charge on any atom is -0.207 e. The van der Waals surface area contributed by atoms with Crippen molar-refractivity contribution in [2.75, 3.05) is 0 Å². The Morgan fingerprint density at radius 2 is 1.53 bits per heavy atom. The number of hydrogen-bond donors (Lipinski definition) is 0. The van der Waals surface area contributed by atoms with E-state index in [1.165, 1.54) is 0 Å². The molecule has 1 rings (SSSR count). The molecule has 0 saturated carbocycles. The average Bonchev–Trinajstić information content (AvgIpc) is 2.00. The van der Waals surface area contributed by atoms with Crippen molar-refractivity contribution in [1.82, 2.24) is 0 Å². The minimum atomic E-state index is -5.30. The van der Waals surface area contributed by atoms with Gasteiger partial charge in [-0.15, -0.1) is 13.2 Å². The molecule has 0 aliphatic rings. The van der Waals surface area contributed by atoms with Crippen LogP contribution in [0.4, 0.5) is 17.6 Å². The number of benzene rings is 1. The van der Waals surface area contributed by atoms with E-state index in [0.29, 0.717) is 24.3 Å². The second-order valence-electron chi connectivity index (χ2n) is 2.44. The summed E-state index contributed by atoms with van der Waals surface area (Å²) in [7, 11) is -4.93. The number of rotatable bonds is 2. The predicted octanol–water partition coefficient (Wildman–Crippen LogP) is 2.05. The molecule has 0 aromatic heterocycles. The van der Waals surface area contributed by atoms with Crippen LogP contribution in [0.15, 0.2) is 29.2 Å². The van der Waals surface area contributed by atoms with Gasteiger partial charge in [-0.05, 0) is 24.3 Å². The van der Waals surface area contributed by atoms with E-state index in [0.717, 1.165) is 0 Å². The van der Waals surface area contributed by atoms with Crippen LogP contribution in [0.5, 0.6) is 0 Å². The summed E-state index contributed by atoms with van der Waals surface area (Å²) in [5.74, 6) is -0.763. The molecule has 0 N–H and O–H groups in total. The van der Waals surface area contributed by atoms with Crippen LogP contribution in [0.2, 0.25) is 0 Å². The summed E-state index contributed by atoms with van der Waals surface area (Å²) < 4.78 is 72.0. The van der Waals surface area contributed by atoms with E-state index in [2.05, 4.69) is 4.18 Å². The quantitative estimate of drug-likeness (QED) is 0.590. The summed E-state index contributed by atoms with van der Waals surface area (Å²) in [5.41, 5.74) is 0. The standard InChI is InChI=1S/C7H4F4O3S/c8-5-1-3-6(4-2-5)15(12,13)14-7(9,10)11/h1-4H. The summed E-state index contributed by atoms with van der Waals surface area (Å²) in [5, 5.41) is 0. The third-order valence-corrected chi connectivity index (χ3v) is 2.56. The lowest BCUT2D eigenvalue weighted by atomic mass is 10.4. The van der Waals surface area contributed by atoms with Crippen LogP contribution >= 0.6 is 0 Å². The van der Waals surface area contributed by atoms with E-state index < -0.39 is 27.2 Å². The van der Waals surface area contributed by atoms with Gasteiger partial charge in [0, 0.05) is 0 Å². The summed E-state index contributed by atoms with van der Waals surface area (Å²) >= 11 is 0. The van der Waals surface area contributed by atoms with Crippen LogP contribution in [0.1, 0.15) is 0 Å². The van der Waals surface area contributed by atoms with Crippen molar-refractivity contribution in [3.05, 3.63) is 30.1 Å². The molecule has 3 nitrogen and oxygen atoms in total. The van der Waals surface area contributed by atoms with Gasteiger partial charge < -0.3 is 0 Å². The molecule has 15 heavy (non-hydrogen) atoms. The zero-order valence-electron chi connectivity index (χ0n) is 6.95. The first-order valence-corrected chi connectivity index (χ1v) is 4.89. The molecule has 0 saturated heterocycles. The summed E-state index contributed by atoms with van der Waals surface area (Å²) in [6.45, 7) is 0. The molecule has 0 spiro atoms. The van der Waals surface area contributed by atoms with Gasteiger partial charge in [-0.1, -0.05) is 0 Å². The molecule has 0 bridgehead atoms. The first-order valence-electron chi connectivity index (χ1n) is 3.49. The molecule has 1 aromatic carbocycles. The molecule has 0 heterocycles. The van der Waals surface area contributed by atoms with Crippen molar-refractivity contribution in [3.8, 4) is 0 Å². The second kappa shape index (κ2) is 3.78. The Kier molecular flexibility index (Phi) is 3.00. The maximum atomic E-state index is 12.4. The Hall–Kier alpha value is -1.15. The monoisotopic (exact) mass is 244 g/mol. The lowest BCUT2D eigenvalue weighted by Gasteiger charge is -2.07. The molecule has 0 amide bonds. The van der Waals surface area contributed by atoms with E-state index in [1.54, 1.807) is 0 Å². The third kappa shape index (κ3) is 3.48. The second-order valence-corrected chi connectivity index (χ2v) is 3.98. The molecule has 1 aromatic rings. The van der Waals surface area contributed by atoms with Gasteiger partial charge in [0.05, 0.1) is 4.90 Å². The van der Waals surface area contributed by atoms with Crippen molar-refractivity contribution in [1.29, 1.82) is 0 Å². The molecule has 0 aliphatic carbocycles. The fraction of sp³-hybridized carbons (Fsp3) is 0.143. The third-order valence-electron chi connectivity index (χ3n) is 1.31. The van der Waals surface area contributed by atoms with Gasteiger partial charge in [-0.25, -0.2) is 4.39 Å². The van der Waals surface area contributed by atoms with Crippen LogP contribution in [0.3, 0.4) is 0 Å². The normalized spacial score (nSPS) is 12.8. The number of hydrogen-bond acceptors (Lipinski definition) is 3. The molecular formula is C7H4F4O3S. The largest absolute Gasteiger partial charge is 0.537 e. The molecule has 0 unspecified atom stereocenters. The van der Waals surface area contributed by atoms with Gasteiger partial charge >= 0.3 is 16.5 Å². The fourth-order valence-corrected chi connectivity index (χ4v) is 1.59. The first kappa shape index (κ1) is 11.9. The van der Waals surface area contributed by atoms with Crippen molar-refractivity contribution in [2.24, 2.45) is 0 Å². The van der Waals surface area contributed by atoms with Crippen LogP contribution in [-0.2, 0) is 14.3 Å².